The molecule has 0 bridgehead atoms. The number of fused-ring (bicyclic) bond motifs is 1. The molecule has 3 rings (SSSR count). The van der Waals surface area contributed by atoms with Gasteiger partial charge in [0.1, 0.15) is 11.4 Å². The summed E-state index contributed by atoms with van der Waals surface area (Å²) in [7, 11) is 0. The van der Waals surface area contributed by atoms with Gasteiger partial charge in [0.05, 0.1) is 6.20 Å². The predicted molar refractivity (Wildman–Crippen MR) is 77.3 cm³/mol. The molecule has 0 spiro atoms. The number of rotatable bonds is 1. The molecule has 0 atom stereocenters. The number of pyridine rings is 1. The Morgan fingerprint density at radius 3 is 2.33 bits per heavy atom. The van der Waals surface area contributed by atoms with E-state index < -0.39 is 11.7 Å². The molecule has 21 heavy (non-hydrogen) atoms. The lowest BCUT2D eigenvalue weighted by Gasteiger charge is -2.14. The molecule has 0 unspecified atom stereocenters. The van der Waals surface area contributed by atoms with Gasteiger partial charge in [0.15, 0.2) is 5.65 Å². The lowest BCUT2D eigenvalue weighted by atomic mass is 10.0. The van der Waals surface area contributed by atoms with Crippen molar-refractivity contribution in [3.8, 4) is 11.1 Å². The van der Waals surface area contributed by atoms with E-state index in [1.165, 1.54) is 22.9 Å². The molecule has 0 aliphatic carbocycles. The van der Waals surface area contributed by atoms with Gasteiger partial charge in [-0.05, 0) is 17.2 Å². The van der Waals surface area contributed by atoms with Gasteiger partial charge >= 0.3 is 6.18 Å². The van der Waals surface area contributed by atoms with Crippen LogP contribution in [0.4, 0.5) is 19.0 Å². The van der Waals surface area contributed by atoms with Crippen LogP contribution < -0.4 is 5.73 Å². The Kier molecular flexibility index (Phi) is 3.82. The van der Waals surface area contributed by atoms with Crippen molar-refractivity contribution in [1.29, 1.82) is 0 Å². The van der Waals surface area contributed by atoms with Gasteiger partial charge in [0, 0.05) is 6.20 Å². The zero-order chi connectivity index (χ0) is 14.3. The molecule has 2 heterocycles. The highest BCUT2D eigenvalue weighted by atomic mass is 35.5. The van der Waals surface area contributed by atoms with Crippen molar-refractivity contribution in [3.63, 3.8) is 0 Å². The minimum absolute atomic E-state index is 0. The van der Waals surface area contributed by atoms with E-state index in [-0.39, 0.29) is 29.4 Å². The van der Waals surface area contributed by atoms with Crippen LogP contribution in [0.25, 0.3) is 16.8 Å². The molecule has 1 aromatic carbocycles. The van der Waals surface area contributed by atoms with Crippen LogP contribution in [0.2, 0.25) is 0 Å². The third-order valence-electron chi connectivity index (χ3n) is 3.08. The Balaban J connectivity index is 0.00000161. The fourth-order valence-corrected chi connectivity index (χ4v) is 2.21. The van der Waals surface area contributed by atoms with Crippen LogP contribution in [0.1, 0.15) is 5.56 Å². The highest BCUT2D eigenvalue weighted by molar-refractivity contribution is 5.85. The summed E-state index contributed by atoms with van der Waals surface area (Å²) in [5.74, 6) is 0.171. The smallest absolute Gasteiger partial charge is 0.383 e. The predicted octanol–water partition coefficient (Wildman–Crippen LogP) is 4.02. The van der Waals surface area contributed by atoms with Gasteiger partial charge in [0.25, 0.3) is 0 Å². The second kappa shape index (κ2) is 5.29. The third kappa shape index (κ3) is 2.54. The van der Waals surface area contributed by atoms with E-state index in [1.54, 1.807) is 30.3 Å². The van der Waals surface area contributed by atoms with Crippen molar-refractivity contribution in [1.82, 2.24) is 9.38 Å². The Labute approximate surface area is 124 Å². The summed E-state index contributed by atoms with van der Waals surface area (Å²) in [6.07, 6.45) is -1.79. The van der Waals surface area contributed by atoms with E-state index in [4.69, 9.17) is 5.73 Å². The zero-order valence-corrected chi connectivity index (χ0v) is 11.4. The lowest BCUT2D eigenvalue weighted by molar-refractivity contribution is -0.136. The number of aromatic nitrogens is 2. The quantitative estimate of drug-likeness (QED) is 0.737. The maximum Gasteiger partial charge on any atom is 0.420 e. The fraction of sp³-hybridized carbons (Fsp3) is 0.0714. The van der Waals surface area contributed by atoms with E-state index in [0.717, 1.165) is 0 Å². The van der Waals surface area contributed by atoms with Gasteiger partial charge in [0.2, 0.25) is 0 Å². The van der Waals surface area contributed by atoms with Crippen LogP contribution in [0, 0.1) is 0 Å². The molecule has 0 aliphatic heterocycles. The minimum atomic E-state index is -4.51. The van der Waals surface area contributed by atoms with E-state index >= 15 is 0 Å². The number of hydrogen-bond donors (Lipinski definition) is 1. The molecule has 2 N–H and O–H groups in total. The second-order valence-corrected chi connectivity index (χ2v) is 4.34. The highest BCUT2D eigenvalue weighted by Crippen LogP contribution is 2.39. The minimum Gasteiger partial charge on any atom is -0.383 e. The number of nitrogens with zero attached hydrogens (tertiary/aromatic N) is 2. The average Bonchev–Trinajstić information content (AvgIpc) is 2.79. The van der Waals surface area contributed by atoms with Crippen molar-refractivity contribution in [2.45, 2.75) is 6.18 Å². The Morgan fingerprint density at radius 2 is 1.71 bits per heavy atom. The zero-order valence-electron chi connectivity index (χ0n) is 10.6. The summed E-state index contributed by atoms with van der Waals surface area (Å²) in [5.41, 5.74) is 5.23. The molecule has 3 nitrogen and oxygen atoms in total. The van der Waals surface area contributed by atoms with Crippen molar-refractivity contribution >= 4 is 23.9 Å². The molecule has 0 saturated heterocycles. The first-order valence-corrected chi connectivity index (χ1v) is 5.86. The molecule has 0 saturated carbocycles. The molecule has 110 valence electrons. The van der Waals surface area contributed by atoms with Gasteiger partial charge in [-0.15, -0.1) is 12.4 Å². The first-order valence-electron chi connectivity index (χ1n) is 5.86. The molecule has 0 amide bonds. The maximum atomic E-state index is 13.4. The number of alkyl halides is 3. The fourth-order valence-electron chi connectivity index (χ4n) is 2.21. The maximum absolute atomic E-state index is 13.4. The van der Waals surface area contributed by atoms with Gasteiger partial charge in [-0.1, -0.05) is 30.3 Å². The van der Waals surface area contributed by atoms with Crippen molar-refractivity contribution in [3.05, 3.63) is 54.4 Å². The summed E-state index contributed by atoms with van der Waals surface area (Å²) in [4.78, 5) is 3.79. The average molecular weight is 314 g/mol. The summed E-state index contributed by atoms with van der Waals surface area (Å²) in [6.45, 7) is 0. The van der Waals surface area contributed by atoms with Crippen molar-refractivity contribution < 1.29 is 13.2 Å². The topological polar surface area (TPSA) is 43.3 Å². The first-order chi connectivity index (χ1) is 9.48. The largest absolute Gasteiger partial charge is 0.420 e. The molecule has 0 fully saturated rings. The van der Waals surface area contributed by atoms with Gasteiger partial charge in [-0.25, -0.2) is 4.98 Å². The first kappa shape index (κ1) is 15.2. The van der Waals surface area contributed by atoms with Crippen LogP contribution in [0.15, 0.2) is 48.8 Å². The van der Waals surface area contributed by atoms with E-state index in [2.05, 4.69) is 4.98 Å². The Hall–Kier alpha value is -2.21. The number of anilines is 1. The second-order valence-electron chi connectivity index (χ2n) is 4.34. The van der Waals surface area contributed by atoms with Crippen LogP contribution >= 0.6 is 12.4 Å². The third-order valence-corrected chi connectivity index (χ3v) is 3.08. The molecular weight excluding hydrogens is 303 g/mol. The normalized spacial score (nSPS) is 11.4. The molecule has 0 aliphatic rings. The number of hydrogen-bond acceptors (Lipinski definition) is 2. The van der Waals surface area contributed by atoms with Gasteiger partial charge < -0.3 is 5.73 Å². The summed E-state index contributed by atoms with van der Waals surface area (Å²) in [6, 6.07) is 9.81. The van der Waals surface area contributed by atoms with Crippen molar-refractivity contribution in [2.75, 3.05) is 5.73 Å². The van der Waals surface area contributed by atoms with Crippen LogP contribution in [0.3, 0.4) is 0 Å². The molecule has 2 aromatic heterocycles. The number of nitrogens with two attached hydrogens (primary N) is 1. The summed E-state index contributed by atoms with van der Waals surface area (Å²) >= 11 is 0. The molecule has 3 aromatic rings. The number of halogens is 4. The van der Waals surface area contributed by atoms with Gasteiger partial charge in [-0.3, -0.25) is 4.40 Å². The lowest BCUT2D eigenvalue weighted by Crippen LogP contribution is -2.10. The number of nitrogen functional groups attached to an aromatic ring is 1. The van der Waals surface area contributed by atoms with E-state index in [9.17, 15) is 13.2 Å². The number of imidazole rings is 1. The van der Waals surface area contributed by atoms with E-state index in [1.807, 2.05) is 0 Å². The molecular formula is C14H11ClF3N3. The number of benzene rings is 1. The standard InChI is InChI=1S/C14H10F3N3.ClH/c15-14(16,17)12-10(9-4-2-1-3-5-9)6-7-20-11(18)8-19-13(12)20;/h1-8H,18H2;1H. The van der Waals surface area contributed by atoms with Crippen LogP contribution in [-0.2, 0) is 6.18 Å². The Morgan fingerprint density at radius 1 is 1.05 bits per heavy atom. The Bertz CT molecular complexity index is 766. The van der Waals surface area contributed by atoms with E-state index in [0.29, 0.717) is 5.56 Å². The summed E-state index contributed by atoms with van der Waals surface area (Å²) < 4.78 is 41.4. The van der Waals surface area contributed by atoms with Crippen molar-refractivity contribution in [2.24, 2.45) is 0 Å². The summed E-state index contributed by atoms with van der Waals surface area (Å²) in [5, 5.41) is 0. The van der Waals surface area contributed by atoms with Crippen LogP contribution in [-0.4, -0.2) is 9.38 Å². The monoisotopic (exact) mass is 313 g/mol. The molecule has 0 radical (unpaired) electrons. The SMILES string of the molecule is Cl.Nc1cnc2c(C(F)(F)F)c(-c3ccccc3)ccn12. The molecule has 7 heteroatoms. The highest BCUT2D eigenvalue weighted by Gasteiger charge is 2.37. The van der Waals surface area contributed by atoms with Crippen LogP contribution in [0.5, 0.6) is 0 Å². The van der Waals surface area contributed by atoms with Gasteiger partial charge in [-0.2, -0.15) is 13.2 Å².